The third-order valence-electron chi connectivity index (χ3n) is 4.82. The summed E-state index contributed by atoms with van der Waals surface area (Å²) >= 11 is 0. The normalized spacial score (nSPS) is 33.7. The fraction of sp³-hybridized carbons (Fsp3) is 0.882. The molecule has 1 aliphatic carbocycles. The van der Waals surface area contributed by atoms with Gasteiger partial charge < -0.3 is 9.47 Å². The van der Waals surface area contributed by atoms with Crippen molar-refractivity contribution in [3.8, 4) is 0 Å². The summed E-state index contributed by atoms with van der Waals surface area (Å²) in [7, 11) is 0. The summed E-state index contributed by atoms with van der Waals surface area (Å²) in [5.74, 6) is 0.619. The molecule has 1 heterocycles. The number of unbranched alkanes of at least 4 members (excludes halogenated alkanes) is 1. The molecule has 2 aliphatic rings. The van der Waals surface area contributed by atoms with Gasteiger partial charge in [0, 0.05) is 6.61 Å². The minimum absolute atomic E-state index is 0.0694. The molecule has 0 N–H and O–H groups in total. The zero-order chi connectivity index (χ0) is 15.1. The van der Waals surface area contributed by atoms with Gasteiger partial charge in [0.05, 0.1) is 18.8 Å². The second kappa shape index (κ2) is 8.84. The number of rotatable bonds is 6. The first-order valence-corrected chi connectivity index (χ1v) is 8.45. The molecule has 0 aromatic heterocycles. The van der Waals surface area contributed by atoms with E-state index in [1.54, 1.807) is 0 Å². The number of hydrogen-bond acceptors (Lipinski definition) is 2. The molecule has 0 aromatic carbocycles. The average molecular weight is 302 g/mol. The summed E-state index contributed by atoms with van der Waals surface area (Å²) in [5.41, 5.74) is 0. The first-order valence-electron chi connectivity index (χ1n) is 8.45. The Labute approximate surface area is 126 Å². The molecule has 4 heteroatoms. The highest BCUT2D eigenvalue weighted by molar-refractivity contribution is 4.92. The molecule has 21 heavy (non-hydrogen) atoms. The number of ether oxygens (including phenoxy) is 2. The molecular formula is C17H28F2O2. The van der Waals surface area contributed by atoms with Crippen LogP contribution in [0.5, 0.6) is 0 Å². The Morgan fingerprint density at radius 2 is 1.90 bits per heavy atom. The molecule has 1 saturated carbocycles. The predicted octanol–water partition coefficient (Wildman–Crippen LogP) is 4.94. The van der Waals surface area contributed by atoms with Crippen molar-refractivity contribution >= 4 is 0 Å². The van der Waals surface area contributed by atoms with E-state index in [0.29, 0.717) is 18.6 Å². The second-order valence-electron chi connectivity index (χ2n) is 6.43. The molecule has 2 atom stereocenters. The van der Waals surface area contributed by atoms with Gasteiger partial charge >= 0.3 is 0 Å². The van der Waals surface area contributed by atoms with Crippen LogP contribution < -0.4 is 0 Å². The zero-order valence-electron chi connectivity index (χ0n) is 13.0. The highest BCUT2D eigenvalue weighted by Gasteiger charge is 2.31. The van der Waals surface area contributed by atoms with Gasteiger partial charge in [0.25, 0.3) is 6.08 Å². The average Bonchev–Trinajstić information content (AvgIpc) is 2.49. The van der Waals surface area contributed by atoms with Crippen LogP contribution in [0.15, 0.2) is 12.2 Å². The van der Waals surface area contributed by atoms with Gasteiger partial charge in [-0.15, -0.1) is 0 Å². The van der Waals surface area contributed by atoms with Crippen LogP contribution in [0.4, 0.5) is 8.78 Å². The van der Waals surface area contributed by atoms with E-state index in [1.165, 1.54) is 0 Å². The quantitative estimate of drug-likeness (QED) is 0.647. The molecule has 0 aromatic rings. The molecule has 0 amide bonds. The Morgan fingerprint density at radius 1 is 1.14 bits per heavy atom. The van der Waals surface area contributed by atoms with Crippen LogP contribution in [0.25, 0.3) is 0 Å². The molecule has 2 unspecified atom stereocenters. The van der Waals surface area contributed by atoms with Gasteiger partial charge in [-0.3, -0.25) is 0 Å². The van der Waals surface area contributed by atoms with Crippen molar-refractivity contribution in [2.45, 2.75) is 70.5 Å². The van der Waals surface area contributed by atoms with E-state index >= 15 is 0 Å². The summed E-state index contributed by atoms with van der Waals surface area (Å²) in [4.78, 5) is 0. The summed E-state index contributed by atoms with van der Waals surface area (Å²) < 4.78 is 36.3. The van der Waals surface area contributed by atoms with Crippen LogP contribution in [0.3, 0.4) is 0 Å². The second-order valence-corrected chi connectivity index (χ2v) is 6.43. The van der Waals surface area contributed by atoms with Crippen LogP contribution in [0, 0.1) is 11.8 Å². The van der Waals surface area contributed by atoms with Crippen molar-refractivity contribution in [1.82, 2.24) is 0 Å². The summed E-state index contributed by atoms with van der Waals surface area (Å²) in [6.07, 6.45) is 8.36. The maximum atomic E-state index is 12.3. The van der Waals surface area contributed by atoms with Crippen LogP contribution in [-0.2, 0) is 9.47 Å². The van der Waals surface area contributed by atoms with Gasteiger partial charge in [-0.05, 0) is 62.9 Å². The lowest BCUT2D eigenvalue weighted by molar-refractivity contribution is -0.107. The van der Waals surface area contributed by atoms with Crippen molar-refractivity contribution < 1.29 is 18.3 Å². The van der Waals surface area contributed by atoms with Crippen molar-refractivity contribution in [2.75, 3.05) is 13.2 Å². The zero-order valence-corrected chi connectivity index (χ0v) is 13.0. The monoisotopic (exact) mass is 302 g/mol. The Hall–Kier alpha value is -0.480. The number of hydrogen-bond donors (Lipinski definition) is 0. The summed E-state index contributed by atoms with van der Waals surface area (Å²) in [6, 6.07) is 0. The van der Waals surface area contributed by atoms with E-state index in [0.717, 1.165) is 64.0 Å². The molecule has 1 aliphatic heterocycles. The van der Waals surface area contributed by atoms with Crippen molar-refractivity contribution in [3.05, 3.63) is 12.2 Å². The van der Waals surface area contributed by atoms with Gasteiger partial charge in [-0.2, -0.15) is 8.78 Å². The topological polar surface area (TPSA) is 18.5 Å². The van der Waals surface area contributed by atoms with Crippen molar-refractivity contribution in [3.63, 3.8) is 0 Å². The lowest BCUT2D eigenvalue weighted by atomic mass is 9.78. The van der Waals surface area contributed by atoms with E-state index in [-0.39, 0.29) is 12.0 Å². The lowest BCUT2D eigenvalue weighted by Crippen LogP contribution is -2.37. The van der Waals surface area contributed by atoms with E-state index in [9.17, 15) is 8.78 Å². The highest BCUT2D eigenvalue weighted by Crippen LogP contribution is 2.36. The van der Waals surface area contributed by atoms with Gasteiger partial charge in [0.1, 0.15) is 0 Å². The maximum absolute atomic E-state index is 12.3. The Morgan fingerprint density at radius 3 is 2.48 bits per heavy atom. The van der Waals surface area contributed by atoms with Gasteiger partial charge in [0.2, 0.25) is 0 Å². The summed E-state index contributed by atoms with van der Waals surface area (Å²) in [6.45, 7) is 3.70. The van der Waals surface area contributed by atoms with Crippen molar-refractivity contribution in [2.24, 2.45) is 11.8 Å². The third-order valence-corrected chi connectivity index (χ3v) is 4.82. The molecule has 0 spiro atoms. The number of allylic oxidation sites excluding steroid dienone is 1. The van der Waals surface area contributed by atoms with E-state index < -0.39 is 6.08 Å². The molecule has 122 valence electrons. The molecular weight excluding hydrogens is 274 g/mol. The summed E-state index contributed by atoms with van der Waals surface area (Å²) in [5, 5.41) is 0. The molecule has 0 radical (unpaired) electrons. The minimum atomic E-state index is -1.53. The van der Waals surface area contributed by atoms with Crippen LogP contribution in [-0.4, -0.2) is 25.4 Å². The lowest BCUT2D eigenvalue weighted by Gasteiger charge is -2.37. The largest absolute Gasteiger partial charge is 0.376 e. The standard InChI is InChI=1S/C17H28F2O2/c1-2-3-10-20-15-8-9-16(21-12-15)14-6-4-13(5-7-14)11-17(18)19/h11,13-16H,2-10,12H2,1H3. The van der Waals surface area contributed by atoms with Crippen molar-refractivity contribution in [1.29, 1.82) is 0 Å². The molecule has 1 saturated heterocycles. The first-order chi connectivity index (χ1) is 10.2. The van der Waals surface area contributed by atoms with E-state index in [2.05, 4.69) is 6.92 Å². The fourth-order valence-electron chi connectivity index (χ4n) is 3.51. The number of halogens is 2. The minimum Gasteiger partial charge on any atom is -0.376 e. The smallest absolute Gasteiger partial charge is 0.266 e. The van der Waals surface area contributed by atoms with Gasteiger partial charge in [-0.25, -0.2) is 0 Å². The van der Waals surface area contributed by atoms with Crippen LogP contribution in [0.1, 0.15) is 58.3 Å². The Bertz CT molecular complexity index is 313. The fourth-order valence-corrected chi connectivity index (χ4v) is 3.51. The third kappa shape index (κ3) is 5.67. The molecule has 2 nitrogen and oxygen atoms in total. The van der Waals surface area contributed by atoms with E-state index in [4.69, 9.17) is 9.47 Å². The molecule has 0 bridgehead atoms. The van der Waals surface area contributed by atoms with Gasteiger partial charge in [-0.1, -0.05) is 13.3 Å². The Kier molecular flexibility index (Phi) is 7.11. The Balaban J connectivity index is 1.66. The SMILES string of the molecule is CCCCOC1CCC(C2CCC(C=C(F)F)CC2)OC1. The van der Waals surface area contributed by atoms with Crippen LogP contribution in [0.2, 0.25) is 0 Å². The van der Waals surface area contributed by atoms with Crippen LogP contribution >= 0.6 is 0 Å². The molecule has 2 fully saturated rings. The molecule has 2 rings (SSSR count). The van der Waals surface area contributed by atoms with E-state index in [1.807, 2.05) is 0 Å². The maximum Gasteiger partial charge on any atom is 0.266 e. The highest BCUT2D eigenvalue weighted by atomic mass is 19.3. The van der Waals surface area contributed by atoms with Gasteiger partial charge in [0.15, 0.2) is 0 Å². The first kappa shape index (κ1) is 16.9. The predicted molar refractivity (Wildman–Crippen MR) is 79.4 cm³/mol.